The third-order valence-corrected chi connectivity index (χ3v) is 3.77. The van der Waals surface area contributed by atoms with Crippen molar-refractivity contribution < 1.29 is 5.11 Å². The number of nitrogens with one attached hydrogen (secondary N) is 1. The quantitative estimate of drug-likeness (QED) is 0.656. The lowest BCUT2D eigenvalue weighted by Crippen LogP contribution is -2.14. The van der Waals surface area contributed by atoms with Crippen molar-refractivity contribution in [2.75, 3.05) is 0 Å². The molecule has 0 saturated heterocycles. The fourth-order valence-electron chi connectivity index (χ4n) is 2.47. The van der Waals surface area contributed by atoms with Gasteiger partial charge in [-0.25, -0.2) is 0 Å². The van der Waals surface area contributed by atoms with Crippen molar-refractivity contribution in [2.45, 2.75) is 6.54 Å². The lowest BCUT2D eigenvalue weighted by molar-refractivity contribution is 0.513. The molecule has 24 heavy (non-hydrogen) atoms. The third-order valence-electron chi connectivity index (χ3n) is 3.77. The van der Waals surface area contributed by atoms with E-state index in [2.05, 4.69) is 31.6 Å². The van der Waals surface area contributed by atoms with Gasteiger partial charge in [-0.1, -0.05) is 68.8 Å². The van der Waals surface area contributed by atoms with Crippen LogP contribution in [0.25, 0.3) is 23.2 Å². The summed E-state index contributed by atoms with van der Waals surface area (Å²) in [5, 5.41) is 13.0. The largest absolute Gasteiger partial charge is 0.508 e. The number of nitrogens with two attached hydrogens (primary N) is 1. The molecule has 0 aromatic heterocycles. The minimum absolute atomic E-state index is 0.0138. The molecule has 4 N–H and O–H groups in total. The standard InChI is InChI=1S/C21H22N2O/c1-5-17-10-11-18(21(12-17)14(2)22)13-23-15(3)19-8-6-7-9-20(19)16(4)24/h5-12,23-24H,1-4,13,22H2. The predicted octanol–water partition coefficient (Wildman–Crippen LogP) is 4.55. The lowest BCUT2D eigenvalue weighted by atomic mass is 10.0. The second kappa shape index (κ2) is 7.38. The van der Waals surface area contributed by atoms with Crippen LogP contribution in [0.3, 0.4) is 0 Å². The third kappa shape index (κ3) is 3.76. The van der Waals surface area contributed by atoms with Crippen LogP contribution in [-0.4, -0.2) is 5.11 Å². The van der Waals surface area contributed by atoms with Gasteiger partial charge in [0, 0.05) is 34.6 Å². The van der Waals surface area contributed by atoms with Crippen LogP contribution in [-0.2, 0) is 6.54 Å². The predicted molar refractivity (Wildman–Crippen MR) is 104 cm³/mol. The highest BCUT2D eigenvalue weighted by atomic mass is 16.3. The molecular weight excluding hydrogens is 296 g/mol. The Morgan fingerprint density at radius 2 is 1.71 bits per heavy atom. The molecule has 0 saturated carbocycles. The Labute approximate surface area is 143 Å². The van der Waals surface area contributed by atoms with Crippen molar-refractivity contribution in [3.05, 3.63) is 96.6 Å². The molecule has 0 aliphatic rings. The normalized spacial score (nSPS) is 10.0. The van der Waals surface area contributed by atoms with Gasteiger partial charge in [0.05, 0.1) is 0 Å². The van der Waals surface area contributed by atoms with Crippen LogP contribution in [0.15, 0.2) is 68.8 Å². The van der Waals surface area contributed by atoms with Gasteiger partial charge in [0.1, 0.15) is 5.76 Å². The number of hydrogen-bond acceptors (Lipinski definition) is 3. The molecule has 0 atom stereocenters. The smallest absolute Gasteiger partial charge is 0.116 e. The van der Waals surface area contributed by atoms with Crippen LogP contribution in [0.2, 0.25) is 0 Å². The SMILES string of the molecule is C=Cc1ccc(CNC(=C)c2ccccc2C(=C)O)c(C(=C)N)c1. The second-order valence-electron chi connectivity index (χ2n) is 5.47. The van der Waals surface area contributed by atoms with Gasteiger partial charge < -0.3 is 16.2 Å². The van der Waals surface area contributed by atoms with Gasteiger partial charge in [-0.3, -0.25) is 0 Å². The van der Waals surface area contributed by atoms with E-state index in [1.807, 2.05) is 36.4 Å². The van der Waals surface area contributed by atoms with Gasteiger partial charge in [-0.15, -0.1) is 0 Å². The zero-order valence-electron chi connectivity index (χ0n) is 13.7. The first-order valence-electron chi connectivity index (χ1n) is 7.54. The maximum absolute atomic E-state index is 9.71. The van der Waals surface area contributed by atoms with Gasteiger partial charge in [0.25, 0.3) is 0 Å². The summed E-state index contributed by atoms with van der Waals surface area (Å²) in [4.78, 5) is 0. The molecule has 2 aromatic rings. The van der Waals surface area contributed by atoms with Gasteiger partial charge in [0.2, 0.25) is 0 Å². The van der Waals surface area contributed by atoms with Crippen LogP contribution < -0.4 is 11.1 Å². The van der Waals surface area contributed by atoms with Crippen LogP contribution in [0.4, 0.5) is 0 Å². The number of aliphatic hydroxyl groups excluding tert-OH is 1. The van der Waals surface area contributed by atoms with Crippen LogP contribution in [0.1, 0.15) is 27.8 Å². The Hall–Kier alpha value is -3.20. The molecule has 3 nitrogen and oxygen atoms in total. The van der Waals surface area contributed by atoms with Crippen LogP contribution in [0, 0.1) is 0 Å². The van der Waals surface area contributed by atoms with E-state index < -0.39 is 0 Å². The second-order valence-corrected chi connectivity index (χ2v) is 5.47. The highest BCUT2D eigenvalue weighted by Gasteiger charge is 2.09. The number of hydrogen-bond donors (Lipinski definition) is 3. The highest BCUT2D eigenvalue weighted by Crippen LogP contribution is 2.22. The number of benzene rings is 2. The molecule has 2 rings (SSSR count). The summed E-state index contributed by atoms with van der Waals surface area (Å²) in [5.74, 6) is 0.0138. The Morgan fingerprint density at radius 3 is 2.29 bits per heavy atom. The van der Waals surface area contributed by atoms with Crippen LogP contribution >= 0.6 is 0 Å². The summed E-state index contributed by atoms with van der Waals surface area (Å²) < 4.78 is 0. The Kier molecular flexibility index (Phi) is 5.27. The van der Waals surface area contributed by atoms with Crippen molar-refractivity contribution in [3.63, 3.8) is 0 Å². The van der Waals surface area contributed by atoms with E-state index in [1.165, 1.54) is 0 Å². The zero-order chi connectivity index (χ0) is 17.7. The Morgan fingerprint density at radius 1 is 1.04 bits per heavy atom. The van der Waals surface area contributed by atoms with E-state index in [4.69, 9.17) is 5.73 Å². The molecule has 2 aromatic carbocycles. The first-order valence-corrected chi connectivity index (χ1v) is 7.54. The van der Waals surface area contributed by atoms with Gasteiger partial charge in [0.15, 0.2) is 0 Å². The minimum Gasteiger partial charge on any atom is -0.508 e. The summed E-state index contributed by atoms with van der Waals surface area (Å²) in [6.45, 7) is 15.8. The molecular formula is C21H22N2O. The fourth-order valence-corrected chi connectivity index (χ4v) is 2.47. The summed E-state index contributed by atoms with van der Waals surface area (Å²) in [5.41, 5.74) is 11.4. The van der Waals surface area contributed by atoms with E-state index in [9.17, 15) is 5.11 Å². The van der Waals surface area contributed by atoms with Gasteiger partial charge in [-0.05, 0) is 17.2 Å². The maximum atomic E-state index is 9.71. The molecule has 0 unspecified atom stereocenters. The Bertz CT molecular complexity index is 818. The summed E-state index contributed by atoms with van der Waals surface area (Å²) in [6.07, 6.45) is 1.77. The average molecular weight is 318 g/mol. The minimum atomic E-state index is 0.0138. The topological polar surface area (TPSA) is 58.3 Å². The van der Waals surface area contributed by atoms with E-state index in [0.29, 0.717) is 23.5 Å². The number of rotatable bonds is 7. The highest BCUT2D eigenvalue weighted by molar-refractivity contribution is 5.74. The van der Waals surface area contributed by atoms with E-state index >= 15 is 0 Å². The van der Waals surface area contributed by atoms with Crippen molar-refractivity contribution in [1.82, 2.24) is 5.32 Å². The first kappa shape index (κ1) is 17.2. The molecule has 3 heteroatoms. The summed E-state index contributed by atoms with van der Waals surface area (Å²) in [6, 6.07) is 13.3. The molecule has 0 spiro atoms. The molecule has 0 amide bonds. The van der Waals surface area contributed by atoms with Crippen molar-refractivity contribution in [1.29, 1.82) is 0 Å². The van der Waals surface area contributed by atoms with Gasteiger partial charge in [-0.2, -0.15) is 0 Å². The van der Waals surface area contributed by atoms with E-state index in [0.717, 1.165) is 22.3 Å². The molecule has 0 radical (unpaired) electrons. The lowest BCUT2D eigenvalue weighted by Gasteiger charge is -2.16. The van der Waals surface area contributed by atoms with Gasteiger partial charge >= 0.3 is 0 Å². The molecule has 0 fully saturated rings. The van der Waals surface area contributed by atoms with Crippen LogP contribution in [0.5, 0.6) is 0 Å². The monoisotopic (exact) mass is 318 g/mol. The van der Waals surface area contributed by atoms with Crippen molar-refractivity contribution in [2.24, 2.45) is 5.73 Å². The van der Waals surface area contributed by atoms with Crippen molar-refractivity contribution in [3.8, 4) is 0 Å². The number of aliphatic hydroxyl groups is 1. The Balaban J connectivity index is 2.23. The van der Waals surface area contributed by atoms with E-state index in [-0.39, 0.29) is 5.76 Å². The molecule has 0 aliphatic carbocycles. The van der Waals surface area contributed by atoms with E-state index in [1.54, 1.807) is 12.1 Å². The molecule has 0 bridgehead atoms. The molecule has 0 aliphatic heterocycles. The molecule has 122 valence electrons. The zero-order valence-corrected chi connectivity index (χ0v) is 13.7. The molecule has 0 heterocycles. The summed E-state index contributed by atoms with van der Waals surface area (Å²) >= 11 is 0. The van der Waals surface area contributed by atoms with Crippen molar-refractivity contribution >= 4 is 23.2 Å². The first-order chi connectivity index (χ1) is 11.4. The average Bonchev–Trinajstić information content (AvgIpc) is 2.59. The fraction of sp³-hybridized carbons (Fsp3) is 0.0476. The maximum Gasteiger partial charge on any atom is 0.116 e. The summed E-state index contributed by atoms with van der Waals surface area (Å²) in [7, 11) is 0.